The van der Waals surface area contributed by atoms with Crippen molar-refractivity contribution in [3.8, 4) is 0 Å². The van der Waals surface area contributed by atoms with Crippen LogP contribution in [0.2, 0.25) is 0 Å². The summed E-state index contributed by atoms with van der Waals surface area (Å²) >= 11 is 1.55. The van der Waals surface area contributed by atoms with Gasteiger partial charge in [0.05, 0.1) is 19.2 Å². The summed E-state index contributed by atoms with van der Waals surface area (Å²) in [6.07, 6.45) is -0.410. The summed E-state index contributed by atoms with van der Waals surface area (Å²) in [5.41, 5.74) is 1.60. The van der Waals surface area contributed by atoms with Gasteiger partial charge in [-0.05, 0) is 35.7 Å². The monoisotopic (exact) mass is 420 g/mol. The van der Waals surface area contributed by atoms with Crippen molar-refractivity contribution in [2.45, 2.75) is 6.17 Å². The van der Waals surface area contributed by atoms with E-state index in [1.165, 1.54) is 7.11 Å². The number of hydrogen-bond acceptors (Lipinski definition) is 6. The smallest absolute Gasteiger partial charge is 0.355 e. The molecule has 6 nitrogen and oxygen atoms in total. The van der Waals surface area contributed by atoms with Gasteiger partial charge in [0, 0.05) is 16.3 Å². The number of nitrogens with zero attached hydrogens (tertiary/aromatic N) is 2. The Balaban J connectivity index is 2.01. The zero-order valence-corrected chi connectivity index (χ0v) is 17.1. The minimum atomic E-state index is -1.15. The number of anilines is 2. The lowest BCUT2D eigenvalue weighted by molar-refractivity contribution is -0.138. The number of carboxylic acids is 1. The number of ether oxygens (including phenoxy) is 1. The van der Waals surface area contributed by atoms with Gasteiger partial charge in [0.25, 0.3) is 0 Å². The lowest BCUT2D eigenvalue weighted by Crippen LogP contribution is -2.50. The Hall–Kier alpha value is -3.58. The van der Waals surface area contributed by atoms with Gasteiger partial charge in [-0.25, -0.2) is 9.59 Å². The second-order valence-electron chi connectivity index (χ2n) is 6.68. The summed E-state index contributed by atoms with van der Waals surface area (Å²) in [6.45, 7) is 0.0652. The van der Waals surface area contributed by atoms with Crippen LogP contribution in [0, 0.1) is 0 Å². The Labute approximate surface area is 178 Å². The van der Waals surface area contributed by atoms with E-state index < -0.39 is 18.1 Å². The van der Waals surface area contributed by atoms with Crippen molar-refractivity contribution in [3.63, 3.8) is 0 Å². The van der Waals surface area contributed by atoms with Gasteiger partial charge in [0.1, 0.15) is 11.9 Å². The SMILES string of the molecule is COC(=O)C1=C(C(=O)O)CN(c2ccccc2)C(c2cccs2)N1c1ccccc1. The van der Waals surface area contributed by atoms with Crippen LogP contribution in [0.25, 0.3) is 0 Å². The van der Waals surface area contributed by atoms with Gasteiger partial charge in [-0.15, -0.1) is 11.3 Å². The normalized spacial score (nSPS) is 16.5. The Morgan fingerprint density at radius 1 is 0.967 bits per heavy atom. The molecule has 0 amide bonds. The van der Waals surface area contributed by atoms with E-state index in [-0.39, 0.29) is 17.8 Å². The van der Waals surface area contributed by atoms with Gasteiger partial charge in [-0.3, -0.25) is 0 Å². The van der Waals surface area contributed by atoms with E-state index in [1.807, 2.05) is 83.1 Å². The molecule has 0 saturated carbocycles. The largest absolute Gasteiger partial charge is 0.478 e. The Morgan fingerprint density at radius 3 is 2.13 bits per heavy atom. The first-order chi connectivity index (χ1) is 14.6. The summed E-state index contributed by atoms with van der Waals surface area (Å²) in [6, 6.07) is 22.9. The van der Waals surface area contributed by atoms with Gasteiger partial charge in [0.15, 0.2) is 0 Å². The number of methoxy groups -OCH3 is 1. The van der Waals surface area contributed by atoms with Crippen LogP contribution in [-0.4, -0.2) is 30.7 Å². The molecule has 1 aromatic heterocycles. The highest BCUT2D eigenvalue weighted by molar-refractivity contribution is 7.10. The molecule has 1 aliphatic rings. The molecule has 1 unspecified atom stereocenters. The Kier molecular flexibility index (Phi) is 5.54. The van der Waals surface area contributed by atoms with Crippen LogP contribution in [0.4, 0.5) is 11.4 Å². The summed E-state index contributed by atoms with van der Waals surface area (Å²) in [7, 11) is 1.27. The molecule has 152 valence electrons. The fourth-order valence-corrected chi connectivity index (χ4v) is 4.48. The van der Waals surface area contributed by atoms with E-state index >= 15 is 0 Å². The predicted molar refractivity (Wildman–Crippen MR) is 116 cm³/mol. The molecule has 30 heavy (non-hydrogen) atoms. The van der Waals surface area contributed by atoms with Crippen LogP contribution in [0.3, 0.4) is 0 Å². The van der Waals surface area contributed by atoms with Gasteiger partial charge < -0.3 is 19.6 Å². The molecule has 1 atom stereocenters. The molecule has 0 fully saturated rings. The second kappa shape index (κ2) is 8.42. The van der Waals surface area contributed by atoms with Crippen molar-refractivity contribution in [3.05, 3.63) is 94.3 Å². The number of esters is 1. The number of para-hydroxylation sites is 2. The van der Waals surface area contributed by atoms with E-state index in [4.69, 9.17) is 4.74 Å². The molecular weight excluding hydrogens is 400 g/mol. The molecule has 0 bridgehead atoms. The van der Waals surface area contributed by atoms with Crippen LogP contribution >= 0.6 is 11.3 Å². The highest BCUT2D eigenvalue weighted by Crippen LogP contribution is 2.42. The van der Waals surface area contributed by atoms with Crippen molar-refractivity contribution in [2.24, 2.45) is 0 Å². The quantitative estimate of drug-likeness (QED) is 0.621. The predicted octanol–water partition coefficient (Wildman–Crippen LogP) is 4.29. The van der Waals surface area contributed by atoms with Gasteiger partial charge in [-0.1, -0.05) is 42.5 Å². The van der Waals surface area contributed by atoms with Gasteiger partial charge in [-0.2, -0.15) is 0 Å². The maximum atomic E-state index is 12.8. The van der Waals surface area contributed by atoms with E-state index in [0.717, 1.165) is 10.6 Å². The van der Waals surface area contributed by atoms with E-state index in [2.05, 4.69) is 0 Å². The minimum Gasteiger partial charge on any atom is -0.478 e. The van der Waals surface area contributed by atoms with E-state index in [9.17, 15) is 14.7 Å². The first-order valence-corrected chi connectivity index (χ1v) is 10.2. The molecule has 0 saturated heterocycles. The fourth-order valence-electron chi connectivity index (χ4n) is 3.66. The van der Waals surface area contributed by atoms with E-state index in [1.54, 1.807) is 16.2 Å². The van der Waals surface area contributed by atoms with Crippen molar-refractivity contribution in [1.29, 1.82) is 0 Å². The lowest BCUT2D eigenvalue weighted by Gasteiger charge is -2.46. The molecule has 3 aromatic rings. The fraction of sp³-hybridized carbons (Fsp3) is 0.130. The van der Waals surface area contributed by atoms with Crippen molar-refractivity contribution < 1.29 is 19.4 Å². The van der Waals surface area contributed by atoms with Gasteiger partial charge >= 0.3 is 11.9 Å². The van der Waals surface area contributed by atoms with Crippen LogP contribution < -0.4 is 9.80 Å². The van der Waals surface area contributed by atoms with Crippen molar-refractivity contribution in [2.75, 3.05) is 23.5 Å². The molecule has 0 radical (unpaired) electrons. The van der Waals surface area contributed by atoms with Crippen molar-refractivity contribution in [1.82, 2.24) is 0 Å². The third-order valence-corrected chi connectivity index (χ3v) is 5.86. The maximum Gasteiger partial charge on any atom is 0.355 e. The van der Waals surface area contributed by atoms with Crippen molar-refractivity contribution >= 4 is 34.7 Å². The zero-order chi connectivity index (χ0) is 21.1. The molecular formula is C23H20N2O4S. The van der Waals surface area contributed by atoms with Crippen LogP contribution in [0.1, 0.15) is 11.0 Å². The number of hydrogen-bond donors (Lipinski definition) is 1. The molecule has 7 heteroatoms. The number of rotatable bonds is 5. The van der Waals surface area contributed by atoms with Crippen LogP contribution in [0.5, 0.6) is 0 Å². The molecule has 2 aromatic carbocycles. The number of carboxylic acid groups (broad SMARTS) is 1. The molecule has 0 aliphatic carbocycles. The number of carbonyl (C=O) groups is 2. The highest BCUT2D eigenvalue weighted by Gasteiger charge is 2.42. The number of aliphatic carboxylic acids is 1. The van der Waals surface area contributed by atoms with Crippen LogP contribution in [0.15, 0.2) is 89.4 Å². The summed E-state index contributed by atoms with van der Waals surface area (Å²) < 4.78 is 5.01. The third-order valence-electron chi connectivity index (χ3n) is 4.95. The molecule has 0 spiro atoms. The zero-order valence-electron chi connectivity index (χ0n) is 16.3. The molecule has 1 aliphatic heterocycles. The first-order valence-electron chi connectivity index (χ1n) is 9.36. The second-order valence-corrected chi connectivity index (χ2v) is 7.66. The average molecular weight is 420 g/mol. The summed E-state index contributed by atoms with van der Waals surface area (Å²) in [4.78, 5) is 29.8. The minimum absolute atomic E-state index is 0.0117. The Bertz CT molecular complexity index is 1070. The number of benzene rings is 2. The molecule has 1 N–H and O–H groups in total. The molecule has 2 heterocycles. The highest BCUT2D eigenvalue weighted by atomic mass is 32.1. The number of thiophene rings is 1. The third kappa shape index (κ3) is 3.55. The van der Waals surface area contributed by atoms with E-state index in [0.29, 0.717) is 5.69 Å². The average Bonchev–Trinajstić information content (AvgIpc) is 3.32. The standard InChI is InChI=1S/C23H20N2O4S/c1-29-23(28)20-18(22(26)27)15-24(16-9-4-2-5-10-16)21(19-13-8-14-30-19)25(20)17-11-6-3-7-12-17/h2-14,21H,15H2,1H3,(H,26,27). The first kappa shape index (κ1) is 19.7. The van der Waals surface area contributed by atoms with Gasteiger partial charge in [0.2, 0.25) is 0 Å². The topological polar surface area (TPSA) is 70.1 Å². The Morgan fingerprint density at radius 2 is 1.60 bits per heavy atom. The summed E-state index contributed by atoms with van der Waals surface area (Å²) in [5.74, 6) is -1.83. The number of carbonyl (C=O) groups excluding carboxylic acids is 1. The maximum absolute atomic E-state index is 12.8. The molecule has 4 rings (SSSR count). The lowest BCUT2D eigenvalue weighted by atomic mass is 10.0. The van der Waals surface area contributed by atoms with Crippen LogP contribution in [-0.2, 0) is 14.3 Å². The summed E-state index contributed by atoms with van der Waals surface area (Å²) in [5, 5.41) is 12.0.